The molecule has 2 bridgehead atoms. The third-order valence-electron chi connectivity index (χ3n) is 3.17. The summed E-state index contributed by atoms with van der Waals surface area (Å²) in [6.45, 7) is 0. The van der Waals surface area contributed by atoms with Crippen molar-refractivity contribution in [2.75, 3.05) is 0 Å². The molecule has 2 atom stereocenters. The molecular weight excluding hydrogens is 204 g/mol. The molecule has 0 saturated heterocycles. The van der Waals surface area contributed by atoms with Crippen LogP contribution >= 0.6 is 0 Å². The Morgan fingerprint density at radius 2 is 1.62 bits per heavy atom. The molecular formula is C13H10O3. The standard InChI is InChI=1S/C13H10O3/c14-9-4-2-7-1-3-8(9)13-11(16)6-5-10(15)12(7)13/h1-8,15-16H. The van der Waals surface area contributed by atoms with Gasteiger partial charge < -0.3 is 10.2 Å². The molecule has 0 aromatic heterocycles. The van der Waals surface area contributed by atoms with Crippen LogP contribution < -0.4 is 0 Å². The molecule has 2 N–H and O–H groups in total. The first-order valence-electron chi connectivity index (χ1n) is 5.13. The number of allylic oxidation sites excluding steroid dienone is 4. The maximum atomic E-state index is 11.8. The minimum atomic E-state index is -0.461. The predicted octanol–water partition coefficient (Wildman–Crippen LogP) is 1.97. The number of hydrogen-bond acceptors (Lipinski definition) is 3. The Hall–Kier alpha value is -2.03. The van der Waals surface area contributed by atoms with Gasteiger partial charge in [0.05, 0.1) is 5.92 Å². The molecule has 3 aliphatic carbocycles. The van der Waals surface area contributed by atoms with Crippen LogP contribution in [0.15, 0.2) is 36.4 Å². The van der Waals surface area contributed by atoms with Gasteiger partial charge in [-0.1, -0.05) is 18.2 Å². The molecule has 4 rings (SSSR count). The number of ketones is 1. The summed E-state index contributed by atoms with van der Waals surface area (Å²) in [4.78, 5) is 11.8. The fraction of sp³-hybridized carbons (Fsp3) is 0.154. The van der Waals surface area contributed by atoms with Crippen molar-refractivity contribution in [3.05, 3.63) is 47.6 Å². The van der Waals surface area contributed by atoms with Gasteiger partial charge >= 0.3 is 0 Å². The van der Waals surface area contributed by atoms with Crippen LogP contribution in [-0.2, 0) is 4.79 Å². The zero-order valence-electron chi connectivity index (χ0n) is 8.42. The van der Waals surface area contributed by atoms with E-state index in [9.17, 15) is 15.0 Å². The number of hydrogen-bond donors (Lipinski definition) is 2. The summed E-state index contributed by atoms with van der Waals surface area (Å²) in [6, 6.07) is 2.89. The van der Waals surface area contributed by atoms with E-state index in [1.807, 2.05) is 6.08 Å². The van der Waals surface area contributed by atoms with E-state index in [0.717, 1.165) is 0 Å². The molecule has 0 spiro atoms. The highest BCUT2D eigenvalue weighted by atomic mass is 16.3. The number of fused-ring (bicyclic) bond motifs is 1. The smallest absolute Gasteiger partial charge is 0.166 e. The first-order valence-corrected chi connectivity index (χ1v) is 5.13. The number of carbonyl (C=O) groups excluding carboxylic acids is 1. The molecule has 0 heterocycles. The van der Waals surface area contributed by atoms with Crippen molar-refractivity contribution in [3.63, 3.8) is 0 Å². The van der Waals surface area contributed by atoms with Crippen molar-refractivity contribution in [2.45, 2.75) is 11.8 Å². The molecule has 3 aliphatic rings. The third-order valence-corrected chi connectivity index (χ3v) is 3.17. The summed E-state index contributed by atoms with van der Waals surface area (Å²) >= 11 is 0. The summed E-state index contributed by atoms with van der Waals surface area (Å²) in [5.74, 6) is -0.434. The van der Waals surface area contributed by atoms with Crippen molar-refractivity contribution in [2.24, 2.45) is 0 Å². The van der Waals surface area contributed by atoms with Crippen molar-refractivity contribution in [1.82, 2.24) is 0 Å². The molecule has 0 aliphatic heterocycles. The lowest BCUT2D eigenvalue weighted by Gasteiger charge is -2.22. The van der Waals surface area contributed by atoms with Gasteiger partial charge in [-0.3, -0.25) is 4.79 Å². The molecule has 0 radical (unpaired) electrons. The van der Waals surface area contributed by atoms with Crippen LogP contribution in [0, 0.1) is 0 Å². The monoisotopic (exact) mass is 214 g/mol. The van der Waals surface area contributed by atoms with E-state index in [1.165, 1.54) is 18.2 Å². The normalized spacial score (nSPS) is 25.6. The second-order valence-corrected chi connectivity index (χ2v) is 4.08. The van der Waals surface area contributed by atoms with Gasteiger partial charge in [0.15, 0.2) is 5.78 Å². The highest BCUT2D eigenvalue weighted by Gasteiger charge is 2.32. The summed E-state index contributed by atoms with van der Waals surface area (Å²) in [7, 11) is 0. The summed E-state index contributed by atoms with van der Waals surface area (Å²) in [5.41, 5.74) is 1.19. The number of rotatable bonds is 0. The van der Waals surface area contributed by atoms with Gasteiger partial charge in [-0.05, 0) is 18.2 Å². The van der Waals surface area contributed by atoms with Crippen LogP contribution in [-0.4, -0.2) is 16.0 Å². The number of carbonyl (C=O) groups is 1. The van der Waals surface area contributed by atoms with Crippen LogP contribution in [0.2, 0.25) is 0 Å². The SMILES string of the molecule is O=C1C=CC2C=CC1c1c(O)ccc(O)c12. The average molecular weight is 214 g/mol. The number of phenolic OH excluding ortho intramolecular Hbond substituents is 2. The molecule has 80 valence electrons. The molecule has 3 nitrogen and oxygen atoms in total. The second-order valence-electron chi connectivity index (χ2n) is 4.08. The van der Waals surface area contributed by atoms with Crippen LogP contribution in [0.25, 0.3) is 0 Å². The van der Waals surface area contributed by atoms with Crippen LogP contribution in [0.4, 0.5) is 0 Å². The lowest BCUT2D eigenvalue weighted by molar-refractivity contribution is -0.115. The van der Waals surface area contributed by atoms with E-state index < -0.39 is 5.92 Å². The fourth-order valence-electron chi connectivity index (χ4n) is 2.41. The first-order chi connectivity index (χ1) is 7.68. The Kier molecular flexibility index (Phi) is 1.72. The molecule has 2 unspecified atom stereocenters. The molecule has 1 aromatic carbocycles. The van der Waals surface area contributed by atoms with Crippen LogP contribution in [0.1, 0.15) is 23.0 Å². The van der Waals surface area contributed by atoms with Crippen molar-refractivity contribution >= 4 is 5.78 Å². The maximum absolute atomic E-state index is 11.8. The quantitative estimate of drug-likeness (QED) is 0.512. The fourth-order valence-corrected chi connectivity index (χ4v) is 2.41. The Labute approximate surface area is 92.3 Å². The van der Waals surface area contributed by atoms with E-state index in [2.05, 4.69) is 0 Å². The molecule has 1 aromatic rings. The molecule has 16 heavy (non-hydrogen) atoms. The summed E-state index contributed by atoms with van der Waals surface area (Å²) in [5, 5.41) is 19.6. The van der Waals surface area contributed by atoms with Gasteiger partial charge in [0.25, 0.3) is 0 Å². The lowest BCUT2D eigenvalue weighted by atomic mass is 9.82. The zero-order chi connectivity index (χ0) is 11.3. The van der Waals surface area contributed by atoms with E-state index in [1.54, 1.807) is 12.2 Å². The Balaban J connectivity index is 2.37. The third kappa shape index (κ3) is 1.05. The van der Waals surface area contributed by atoms with Gasteiger partial charge in [-0.15, -0.1) is 0 Å². The Bertz CT molecular complexity index is 540. The zero-order valence-corrected chi connectivity index (χ0v) is 8.42. The van der Waals surface area contributed by atoms with Crippen LogP contribution in [0.5, 0.6) is 11.5 Å². The van der Waals surface area contributed by atoms with E-state index in [-0.39, 0.29) is 23.2 Å². The second kappa shape index (κ2) is 2.98. The minimum Gasteiger partial charge on any atom is -0.508 e. The molecule has 0 saturated carbocycles. The lowest BCUT2D eigenvalue weighted by Crippen LogP contribution is -2.12. The Morgan fingerprint density at radius 3 is 2.38 bits per heavy atom. The van der Waals surface area contributed by atoms with Gasteiger partial charge in [-0.2, -0.15) is 0 Å². The van der Waals surface area contributed by atoms with Crippen molar-refractivity contribution < 1.29 is 15.0 Å². The number of phenols is 2. The van der Waals surface area contributed by atoms with Gasteiger partial charge in [0, 0.05) is 17.0 Å². The van der Waals surface area contributed by atoms with E-state index in [4.69, 9.17) is 0 Å². The van der Waals surface area contributed by atoms with E-state index in [0.29, 0.717) is 11.1 Å². The van der Waals surface area contributed by atoms with Crippen molar-refractivity contribution in [3.8, 4) is 11.5 Å². The summed E-state index contributed by atoms with van der Waals surface area (Å²) in [6.07, 6.45) is 6.94. The average Bonchev–Trinajstić information content (AvgIpc) is 2.54. The van der Waals surface area contributed by atoms with E-state index >= 15 is 0 Å². The molecule has 3 heteroatoms. The number of benzene rings is 1. The predicted molar refractivity (Wildman–Crippen MR) is 58.5 cm³/mol. The van der Waals surface area contributed by atoms with Gasteiger partial charge in [-0.25, -0.2) is 0 Å². The first kappa shape index (κ1) is 9.21. The van der Waals surface area contributed by atoms with Gasteiger partial charge in [0.2, 0.25) is 0 Å². The Morgan fingerprint density at radius 1 is 0.938 bits per heavy atom. The molecule has 0 fully saturated rings. The van der Waals surface area contributed by atoms with Crippen molar-refractivity contribution in [1.29, 1.82) is 0 Å². The van der Waals surface area contributed by atoms with Gasteiger partial charge in [0.1, 0.15) is 11.5 Å². The maximum Gasteiger partial charge on any atom is 0.166 e. The highest BCUT2D eigenvalue weighted by molar-refractivity contribution is 5.99. The number of aromatic hydroxyl groups is 2. The topological polar surface area (TPSA) is 57.5 Å². The largest absolute Gasteiger partial charge is 0.508 e. The van der Waals surface area contributed by atoms with Crippen LogP contribution in [0.3, 0.4) is 0 Å². The molecule has 0 amide bonds. The minimum absolute atomic E-state index is 0.0570. The highest BCUT2D eigenvalue weighted by Crippen LogP contribution is 2.46. The summed E-state index contributed by atoms with van der Waals surface area (Å²) < 4.78 is 0.